The lowest BCUT2D eigenvalue weighted by molar-refractivity contribution is 0.598. The minimum Gasteiger partial charge on any atom is -0.318 e. The first-order chi connectivity index (χ1) is 12.3. The van der Waals surface area contributed by atoms with Gasteiger partial charge in [-0.1, -0.05) is 22.0 Å². The van der Waals surface area contributed by atoms with Gasteiger partial charge in [0.25, 0.3) is 0 Å². The van der Waals surface area contributed by atoms with E-state index in [2.05, 4.69) is 25.5 Å². The van der Waals surface area contributed by atoms with Gasteiger partial charge in [-0.3, -0.25) is 4.99 Å². The fourth-order valence-electron chi connectivity index (χ4n) is 2.80. The van der Waals surface area contributed by atoms with Gasteiger partial charge in [0.15, 0.2) is 0 Å². The molecule has 26 heavy (non-hydrogen) atoms. The summed E-state index contributed by atoms with van der Waals surface area (Å²) in [5, 5.41) is 5.16. The van der Waals surface area contributed by atoms with Crippen molar-refractivity contribution in [3.8, 4) is 5.69 Å². The third kappa shape index (κ3) is 3.95. The Morgan fingerprint density at radius 3 is 2.38 bits per heavy atom. The van der Waals surface area contributed by atoms with Gasteiger partial charge >= 0.3 is 0 Å². The van der Waals surface area contributed by atoms with E-state index in [1.165, 1.54) is 12.1 Å². The minimum absolute atomic E-state index is 0.0974. The van der Waals surface area contributed by atoms with Crippen LogP contribution in [0.3, 0.4) is 0 Å². The monoisotopic (exact) mass is 431 g/mol. The Balaban J connectivity index is 1.96. The van der Waals surface area contributed by atoms with Gasteiger partial charge in [-0.05, 0) is 62.4 Å². The number of hydrogen-bond donors (Lipinski definition) is 1. The Morgan fingerprint density at radius 1 is 1.08 bits per heavy atom. The summed E-state index contributed by atoms with van der Waals surface area (Å²) in [7, 11) is -3.69. The maximum absolute atomic E-state index is 11.4. The summed E-state index contributed by atoms with van der Waals surface area (Å²) in [4.78, 5) is 4.63. The van der Waals surface area contributed by atoms with Crippen molar-refractivity contribution in [3.63, 3.8) is 0 Å². The van der Waals surface area contributed by atoms with Gasteiger partial charge in [-0.15, -0.1) is 0 Å². The average molecular weight is 432 g/mol. The number of nitrogens with zero attached hydrogens (tertiary/aromatic N) is 2. The van der Waals surface area contributed by atoms with E-state index >= 15 is 0 Å². The van der Waals surface area contributed by atoms with Crippen molar-refractivity contribution < 1.29 is 8.42 Å². The van der Waals surface area contributed by atoms with Crippen LogP contribution in [-0.2, 0) is 10.0 Å². The van der Waals surface area contributed by atoms with Crippen molar-refractivity contribution in [2.75, 3.05) is 0 Å². The second kappa shape index (κ2) is 7.19. The summed E-state index contributed by atoms with van der Waals surface area (Å²) in [6, 6.07) is 16.3. The highest BCUT2D eigenvalue weighted by Crippen LogP contribution is 2.23. The number of aryl methyl sites for hydroxylation is 1. The molecule has 0 fully saturated rings. The van der Waals surface area contributed by atoms with E-state index in [0.29, 0.717) is 0 Å². The number of primary sulfonamides is 1. The van der Waals surface area contributed by atoms with Crippen molar-refractivity contribution in [3.05, 3.63) is 76.0 Å². The van der Waals surface area contributed by atoms with Gasteiger partial charge in [-0.25, -0.2) is 13.6 Å². The number of sulfonamides is 1. The van der Waals surface area contributed by atoms with Crippen LogP contribution < -0.4 is 5.14 Å². The molecule has 2 N–H and O–H groups in total. The summed E-state index contributed by atoms with van der Waals surface area (Å²) >= 11 is 3.44. The standard InChI is InChI=1S/C19H18BrN3O2S/c1-13-10-15(12-22-17-5-3-4-16(20)11-17)14(2)23(13)18-6-8-19(9-7-18)26(21,24)25/h3-12H,1-2H3,(H2,21,24,25). The number of benzene rings is 2. The Morgan fingerprint density at radius 2 is 1.77 bits per heavy atom. The number of halogens is 1. The maximum atomic E-state index is 11.4. The predicted molar refractivity (Wildman–Crippen MR) is 108 cm³/mol. The van der Waals surface area contributed by atoms with Gasteiger partial charge in [0, 0.05) is 33.3 Å². The van der Waals surface area contributed by atoms with Gasteiger partial charge in [-0.2, -0.15) is 0 Å². The van der Waals surface area contributed by atoms with Crippen molar-refractivity contribution in [2.45, 2.75) is 18.7 Å². The third-order valence-corrected chi connectivity index (χ3v) is 5.48. The molecule has 7 heteroatoms. The molecular weight excluding hydrogens is 414 g/mol. The Bertz CT molecular complexity index is 1080. The first kappa shape index (κ1) is 18.6. The molecule has 0 aliphatic heterocycles. The SMILES string of the molecule is Cc1cc(C=Nc2cccc(Br)c2)c(C)n1-c1ccc(S(N)(=O)=O)cc1. The summed E-state index contributed by atoms with van der Waals surface area (Å²) in [5.41, 5.74) is 4.78. The largest absolute Gasteiger partial charge is 0.318 e. The van der Waals surface area contributed by atoms with Crippen LogP contribution in [0, 0.1) is 13.8 Å². The molecule has 0 spiro atoms. The van der Waals surface area contributed by atoms with Crippen LogP contribution >= 0.6 is 15.9 Å². The second-order valence-electron chi connectivity index (χ2n) is 5.94. The van der Waals surface area contributed by atoms with Crippen LogP contribution in [0.5, 0.6) is 0 Å². The molecule has 0 aliphatic rings. The summed E-state index contributed by atoms with van der Waals surface area (Å²) in [6.07, 6.45) is 1.83. The lowest BCUT2D eigenvalue weighted by Gasteiger charge is -2.10. The minimum atomic E-state index is -3.69. The van der Waals surface area contributed by atoms with Crippen molar-refractivity contribution in [1.29, 1.82) is 0 Å². The molecule has 0 bridgehead atoms. The quantitative estimate of drug-likeness (QED) is 0.626. The van der Waals surface area contributed by atoms with E-state index in [1.807, 2.05) is 50.4 Å². The molecule has 0 saturated carbocycles. The highest BCUT2D eigenvalue weighted by Gasteiger charge is 2.11. The smallest absolute Gasteiger partial charge is 0.238 e. The zero-order valence-electron chi connectivity index (χ0n) is 14.3. The molecule has 0 atom stereocenters. The average Bonchev–Trinajstić information content (AvgIpc) is 2.86. The highest BCUT2D eigenvalue weighted by molar-refractivity contribution is 9.10. The van der Waals surface area contributed by atoms with E-state index in [9.17, 15) is 8.42 Å². The lowest BCUT2D eigenvalue weighted by atomic mass is 10.2. The van der Waals surface area contributed by atoms with E-state index in [-0.39, 0.29) is 4.90 Å². The zero-order valence-corrected chi connectivity index (χ0v) is 16.8. The van der Waals surface area contributed by atoms with Crippen LogP contribution in [0.25, 0.3) is 5.69 Å². The topological polar surface area (TPSA) is 77.5 Å². The molecule has 1 heterocycles. The molecule has 134 valence electrons. The Kier molecular flexibility index (Phi) is 5.13. The van der Waals surface area contributed by atoms with Crippen LogP contribution in [0.1, 0.15) is 17.0 Å². The third-order valence-electron chi connectivity index (χ3n) is 4.05. The van der Waals surface area contributed by atoms with Crippen LogP contribution in [0.4, 0.5) is 5.69 Å². The number of aliphatic imine (C=N–C) groups is 1. The zero-order chi connectivity index (χ0) is 18.9. The van der Waals surface area contributed by atoms with Crippen molar-refractivity contribution in [2.24, 2.45) is 10.1 Å². The van der Waals surface area contributed by atoms with E-state index in [4.69, 9.17) is 5.14 Å². The van der Waals surface area contributed by atoms with Crippen LogP contribution in [0.15, 0.2) is 69.0 Å². The predicted octanol–water partition coefficient (Wildman–Crippen LogP) is 4.25. The van der Waals surface area contributed by atoms with Crippen molar-refractivity contribution in [1.82, 2.24) is 4.57 Å². The normalized spacial score (nSPS) is 12.0. The second-order valence-corrected chi connectivity index (χ2v) is 8.42. The number of hydrogen-bond acceptors (Lipinski definition) is 3. The fraction of sp³-hybridized carbons (Fsp3) is 0.105. The number of aromatic nitrogens is 1. The molecular formula is C19H18BrN3O2S. The molecule has 3 aromatic rings. The Hall–Kier alpha value is -2.22. The van der Waals surface area contributed by atoms with Gasteiger partial charge in [0.2, 0.25) is 10.0 Å². The molecule has 0 saturated heterocycles. The first-order valence-corrected chi connectivity index (χ1v) is 10.2. The molecule has 5 nitrogen and oxygen atoms in total. The van der Waals surface area contributed by atoms with E-state index in [1.54, 1.807) is 12.1 Å². The summed E-state index contributed by atoms with van der Waals surface area (Å²) < 4.78 is 25.9. The van der Waals surface area contributed by atoms with Crippen molar-refractivity contribution >= 4 is 37.9 Å². The number of rotatable bonds is 4. The molecule has 3 rings (SSSR count). The molecule has 2 aromatic carbocycles. The highest BCUT2D eigenvalue weighted by atomic mass is 79.9. The fourth-order valence-corrected chi connectivity index (χ4v) is 3.70. The number of nitrogens with two attached hydrogens (primary N) is 1. The molecule has 1 aromatic heterocycles. The molecule has 0 aliphatic carbocycles. The first-order valence-electron chi connectivity index (χ1n) is 7.87. The molecule has 0 unspecified atom stereocenters. The van der Waals surface area contributed by atoms with E-state index < -0.39 is 10.0 Å². The lowest BCUT2D eigenvalue weighted by Crippen LogP contribution is -2.12. The van der Waals surface area contributed by atoms with Gasteiger partial charge < -0.3 is 4.57 Å². The van der Waals surface area contributed by atoms with Crippen LogP contribution in [0.2, 0.25) is 0 Å². The molecule has 0 amide bonds. The van der Waals surface area contributed by atoms with E-state index in [0.717, 1.165) is 32.8 Å². The maximum Gasteiger partial charge on any atom is 0.238 e. The van der Waals surface area contributed by atoms with Gasteiger partial charge in [0.05, 0.1) is 10.6 Å². The summed E-state index contributed by atoms with van der Waals surface area (Å²) in [6.45, 7) is 4.00. The Labute approximate surface area is 161 Å². The summed E-state index contributed by atoms with van der Waals surface area (Å²) in [5.74, 6) is 0. The molecule has 0 radical (unpaired) electrons. The van der Waals surface area contributed by atoms with Crippen LogP contribution in [-0.4, -0.2) is 19.2 Å². The van der Waals surface area contributed by atoms with Gasteiger partial charge in [0.1, 0.15) is 0 Å².